The van der Waals surface area contributed by atoms with E-state index in [1.807, 2.05) is 6.07 Å². The SMILES string of the molecule is COC1CCCC(Nc2ccc(Br)c([N+](=O)[O-])c2)C1. The van der Waals surface area contributed by atoms with Crippen LogP contribution in [0.15, 0.2) is 22.7 Å². The average molecular weight is 329 g/mol. The highest BCUT2D eigenvalue weighted by molar-refractivity contribution is 9.10. The second kappa shape index (κ2) is 6.34. The first-order valence-electron chi connectivity index (χ1n) is 6.33. The number of nitro benzene ring substituents is 1. The van der Waals surface area contributed by atoms with Crippen LogP contribution in [0.4, 0.5) is 11.4 Å². The molecule has 0 aliphatic heterocycles. The minimum absolute atomic E-state index is 0.0871. The van der Waals surface area contributed by atoms with Gasteiger partial charge < -0.3 is 10.1 Å². The maximum atomic E-state index is 10.9. The average Bonchev–Trinajstić information content (AvgIpc) is 2.41. The number of rotatable bonds is 4. The van der Waals surface area contributed by atoms with Gasteiger partial charge in [0.2, 0.25) is 0 Å². The first-order chi connectivity index (χ1) is 9.10. The Hall–Kier alpha value is -1.14. The van der Waals surface area contributed by atoms with E-state index in [9.17, 15) is 10.1 Å². The van der Waals surface area contributed by atoms with Gasteiger partial charge >= 0.3 is 0 Å². The van der Waals surface area contributed by atoms with E-state index in [2.05, 4.69) is 21.2 Å². The first-order valence-corrected chi connectivity index (χ1v) is 7.12. The fourth-order valence-electron chi connectivity index (χ4n) is 2.47. The van der Waals surface area contributed by atoms with E-state index in [0.29, 0.717) is 10.5 Å². The fourth-order valence-corrected chi connectivity index (χ4v) is 2.86. The lowest BCUT2D eigenvalue weighted by Crippen LogP contribution is -2.30. The van der Waals surface area contributed by atoms with Gasteiger partial charge in [-0.3, -0.25) is 10.1 Å². The summed E-state index contributed by atoms with van der Waals surface area (Å²) in [7, 11) is 1.73. The van der Waals surface area contributed by atoms with Crippen molar-refractivity contribution in [2.24, 2.45) is 0 Å². The molecule has 2 rings (SSSR count). The summed E-state index contributed by atoms with van der Waals surface area (Å²) in [5, 5.41) is 14.3. The van der Waals surface area contributed by atoms with E-state index in [1.165, 1.54) is 0 Å². The van der Waals surface area contributed by atoms with Crippen molar-refractivity contribution >= 4 is 27.3 Å². The minimum atomic E-state index is -0.381. The van der Waals surface area contributed by atoms with Crippen LogP contribution in [0.25, 0.3) is 0 Å². The smallest absolute Gasteiger partial charge is 0.285 e. The van der Waals surface area contributed by atoms with E-state index in [0.717, 1.165) is 31.4 Å². The lowest BCUT2D eigenvalue weighted by atomic mass is 9.92. The van der Waals surface area contributed by atoms with Gasteiger partial charge in [0.25, 0.3) is 5.69 Å². The van der Waals surface area contributed by atoms with Crippen LogP contribution in [0.1, 0.15) is 25.7 Å². The van der Waals surface area contributed by atoms with Crippen LogP contribution in [0, 0.1) is 10.1 Å². The Labute approximate surface area is 120 Å². The monoisotopic (exact) mass is 328 g/mol. The fraction of sp³-hybridized carbons (Fsp3) is 0.538. The highest BCUT2D eigenvalue weighted by Crippen LogP contribution is 2.30. The summed E-state index contributed by atoms with van der Waals surface area (Å²) in [5.41, 5.74) is 0.876. The molecular formula is C13H17BrN2O3. The number of nitrogens with zero attached hydrogens (tertiary/aromatic N) is 1. The Morgan fingerprint density at radius 2 is 2.26 bits per heavy atom. The van der Waals surface area contributed by atoms with E-state index in [4.69, 9.17) is 4.74 Å². The van der Waals surface area contributed by atoms with E-state index >= 15 is 0 Å². The molecule has 1 saturated carbocycles. The zero-order chi connectivity index (χ0) is 13.8. The summed E-state index contributed by atoms with van der Waals surface area (Å²) < 4.78 is 5.89. The molecule has 104 valence electrons. The maximum absolute atomic E-state index is 10.9. The summed E-state index contributed by atoms with van der Waals surface area (Å²) in [5.74, 6) is 0. The molecule has 0 radical (unpaired) electrons. The van der Waals surface area contributed by atoms with Gasteiger partial charge in [0.15, 0.2) is 0 Å². The number of halogens is 1. The normalized spacial score (nSPS) is 23.1. The summed E-state index contributed by atoms with van der Waals surface area (Å²) in [6.07, 6.45) is 4.52. The standard InChI is InChI=1S/C13H17BrN2O3/c1-19-11-4-2-3-9(7-11)15-10-5-6-12(14)13(8-10)16(17)18/h5-6,8-9,11,15H,2-4,7H2,1H3. The number of methoxy groups -OCH3 is 1. The molecule has 2 unspecified atom stereocenters. The number of benzene rings is 1. The van der Waals surface area contributed by atoms with Crippen LogP contribution in [-0.2, 0) is 4.74 Å². The molecule has 1 aliphatic carbocycles. The lowest BCUT2D eigenvalue weighted by molar-refractivity contribution is -0.385. The molecule has 2 atom stereocenters. The maximum Gasteiger partial charge on any atom is 0.285 e. The van der Waals surface area contributed by atoms with Gasteiger partial charge in [0.05, 0.1) is 15.5 Å². The molecule has 1 fully saturated rings. The molecule has 0 saturated heterocycles. The molecule has 0 amide bonds. The highest BCUT2D eigenvalue weighted by atomic mass is 79.9. The number of hydrogen-bond donors (Lipinski definition) is 1. The molecule has 0 heterocycles. The summed E-state index contributed by atoms with van der Waals surface area (Å²) >= 11 is 3.19. The summed E-state index contributed by atoms with van der Waals surface area (Å²) in [6.45, 7) is 0. The Kier molecular flexibility index (Phi) is 4.76. The van der Waals surface area contributed by atoms with Gasteiger partial charge in [-0.15, -0.1) is 0 Å². The van der Waals surface area contributed by atoms with Gasteiger partial charge in [0.1, 0.15) is 0 Å². The van der Waals surface area contributed by atoms with Gasteiger partial charge in [-0.25, -0.2) is 0 Å². The highest BCUT2D eigenvalue weighted by Gasteiger charge is 2.22. The second-order valence-electron chi connectivity index (χ2n) is 4.79. The van der Waals surface area contributed by atoms with Crippen LogP contribution in [0.5, 0.6) is 0 Å². The van der Waals surface area contributed by atoms with Crippen molar-refractivity contribution in [3.8, 4) is 0 Å². The molecule has 1 aromatic rings. The van der Waals surface area contributed by atoms with Crippen LogP contribution < -0.4 is 5.32 Å². The van der Waals surface area contributed by atoms with Gasteiger partial charge in [-0.05, 0) is 53.7 Å². The summed E-state index contributed by atoms with van der Waals surface area (Å²) in [4.78, 5) is 10.5. The minimum Gasteiger partial charge on any atom is -0.382 e. The third-order valence-corrected chi connectivity index (χ3v) is 4.14. The molecule has 1 N–H and O–H groups in total. The molecule has 19 heavy (non-hydrogen) atoms. The second-order valence-corrected chi connectivity index (χ2v) is 5.64. The molecule has 0 bridgehead atoms. The van der Waals surface area contributed by atoms with Crippen molar-refractivity contribution in [1.29, 1.82) is 0 Å². The van der Waals surface area contributed by atoms with E-state index in [1.54, 1.807) is 19.2 Å². The Morgan fingerprint density at radius 3 is 2.95 bits per heavy atom. The van der Waals surface area contributed by atoms with Crippen molar-refractivity contribution in [1.82, 2.24) is 0 Å². The molecule has 6 heteroatoms. The number of nitrogens with one attached hydrogen (secondary N) is 1. The predicted octanol–water partition coefficient (Wildman–Crippen LogP) is 3.73. The third kappa shape index (κ3) is 3.67. The van der Waals surface area contributed by atoms with Gasteiger partial charge in [-0.2, -0.15) is 0 Å². The Morgan fingerprint density at radius 1 is 1.47 bits per heavy atom. The van der Waals surface area contributed by atoms with Crippen molar-refractivity contribution in [3.63, 3.8) is 0 Å². The molecular weight excluding hydrogens is 312 g/mol. The molecule has 0 spiro atoms. The zero-order valence-electron chi connectivity index (χ0n) is 10.8. The molecule has 0 aromatic heterocycles. The largest absolute Gasteiger partial charge is 0.382 e. The van der Waals surface area contributed by atoms with E-state index in [-0.39, 0.29) is 16.7 Å². The van der Waals surface area contributed by atoms with Crippen molar-refractivity contribution < 1.29 is 9.66 Å². The number of nitro groups is 1. The van der Waals surface area contributed by atoms with Crippen LogP contribution in [-0.4, -0.2) is 24.2 Å². The van der Waals surface area contributed by atoms with Crippen molar-refractivity contribution in [3.05, 3.63) is 32.8 Å². The topological polar surface area (TPSA) is 64.4 Å². The predicted molar refractivity (Wildman–Crippen MR) is 77.5 cm³/mol. The third-order valence-electron chi connectivity index (χ3n) is 3.47. The number of ether oxygens (including phenoxy) is 1. The Bertz CT molecular complexity index is 467. The van der Waals surface area contributed by atoms with Crippen LogP contribution in [0.3, 0.4) is 0 Å². The van der Waals surface area contributed by atoms with Crippen LogP contribution >= 0.6 is 15.9 Å². The van der Waals surface area contributed by atoms with Crippen LogP contribution in [0.2, 0.25) is 0 Å². The first kappa shape index (κ1) is 14.3. The van der Waals surface area contributed by atoms with Gasteiger partial charge in [-0.1, -0.05) is 0 Å². The van der Waals surface area contributed by atoms with Crippen molar-refractivity contribution in [2.75, 3.05) is 12.4 Å². The lowest BCUT2D eigenvalue weighted by Gasteiger charge is -2.29. The molecule has 5 nitrogen and oxygen atoms in total. The Balaban J connectivity index is 2.06. The van der Waals surface area contributed by atoms with E-state index < -0.39 is 0 Å². The van der Waals surface area contributed by atoms with Gasteiger partial charge in [0, 0.05) is 24.9 Å². The number of hydrogen-bond acceptors (Lipinski definition) is 4. The zero-order valence-corrected chi connectivity index (χ0v) is 12.4. The van der Waals surface area contributed by atoms with Crippen molar-refractivity contribution in [2.45, 2.75) is 37.8 Å². The number of anilines is 1. The quantitative estimate of drug-likeness (QED) is 0.675. The molecule has 1 aromatic carbocycles. The molecule has 1 aliphatic rings. The summed E-state index contributed by atoms with van der Waals surface area (Å²) in [6, 6.07) is 5.45.